The third kappa shape index (κ3) is 2.57. The highest BCUT2D eigenvalue weighted by Gasteiger charge is 2.07. The Morgan fingerprint density at radius 1 is 1.00 bits per heavy atom. The van der Waals surface area contributed by atoms with E-state index in [-0.39, 0.29) is 0 Å². The number of nitrogens with zero attached hydrogens (tertiary/aromatic N) is 2. The van der Waals surface area contributed by atoms with Crippen LogP contribution in [0.4, 0.5) is 5.69 Å². The Balaban J connectivity index is 1.89. The van der Waals surface area contributed by atoms with Gasteiger partial charge >= 0.3 is 0 Å². The Kier molecular flexibility index (Phi) is 3.25. The van der Waals surface area contributed by atoms with E-state index in [1.165, 1.54) is 5.56 Å². The maximum absolute atomic E-state index is 5.73. The molecular weight excluding hydrogens is 246 g/mol. The van der Waals surface area contributed by atoms with Crippen molar-refractivity contribution >= 4 is 5.69 Å². The Morgan fingerprint density at radius 3 is 2.40 bits per heavy atom. The second-order valence-corrected chi connectivity index (χ2v) is 4.93. The number of nitrogen functional groups attached to an aromatic ring is 1. The van der Waals surface area contributed by atoms with Crippen molar-refractivity contribution in [2.45, 2.75) is 13.5 Å². The minimum atomic E-state index is 0.781. The van der Waals surface area contributed by atoms with Crippen LogP contribution in [0.25, 0.3) is 11.1 Å². The molecule has 0 unspecified atom stereocenters. The van der Waals surface area contributed by atoms with Gasteiger partial charge in [-0.25, -0.2) is 0 Å². The van der Waals surface area contributed by atoms with Crippen LogP contribution in [-0.4, -0.2) is 9.78 Å². The third-order valence-electron chi connectivity index (χ3n) is 3.36. The van der Waals surface area contributed by atoms with Crippen LogP contribution in [0.5, 0.6) is 0 Å². The molecule has 0 saturated heterocycles. The summed E-state index contributed by atoms with van der Waals surface area (Å²) in [6.07, 6.45) is 2.09. The lowest BCUT2D eigenvalue weighted by molar-refractivity contribution is 0.679. The van der Waals surface area contributed by atoms with Gasteiger partial charge in [0.25, 0.3) is 0 Å². The summed E-state index contributed by atoms with van der Waals surface area (Å²) in [4.78, 5) is 0. The van der Waals surface area contributed by atoms with Crippen molar-refractivity contribution in [1.82, 2.24) is 9.78 Å². The van der Waals surface area contributed by atoms with Crippen LogP contribution < -0.4 is 5.73 Å². The van der Waals surface area contributed by atoms with Crippen LogP contribution >= 0.6 is 0 Å². The van der Waals surface area contributed by atoms with Crippen molar-refractivity contribution in [2.24, 2.45) is 0 Å². The van der Waals surface area contributed by atoms with Gasteiger partial charge in [-0.15, -0.1) is 0 Å². The Hall–Kier alpha value is -2.55. The lowest BCUT2D eigenvalue weighted by Crippen LogP contribution is -1.99. The number of benzene rings is 2. The van der Waals surface area contributed by atoms with E-state index in [0.717, 1.165) is 29.1 Å². The minimum Gasteiger partial charge on any atom is -0.399 e. The van der Waals surface area contributed by atoms with Crippen molar-refractivity contribution in [2.75, 3.05) is 5.73 Å². The number of anilines is 1. The molecule has 3 nitrogen and oxygen atoms in total. The van der Waals surface area contributed by atoms with Crippen LogP contribution in [-0.2, 0) is 6.54 Å². The highest BCUT2D eigenvalue weighted by Crippen LogP contribution is 2.23. The molecule has 1 heterocycles. The molecule has 0 aliphatic carbocycles. The summed E-state index contributed by atoms with van der Waals surface area (Å²) in [5.74, 6) is 0. The number of nitrogens with two attached hydrogens (primary N) is 1. The molecule has 0 aliphatic heterocycles. The molecule has 0 fully saturated rings. The van der Waals surface area contributed by atoms with Gasteiger partial charge in [0.05, 0.1) is 12.2 Å². The maximum Gasteiger partial charge on any atom is 0.0672 e. The van der Waals surface area contributed by atoms with E-state index in [9.17, 15) is 0 Å². The van der Waals surface area contributed by atoms with E-state index < -0.39 is 0 Å². The van der Waals surface area contributed by atoms with Gasteiger partial charge in [0.1, 0.15) is 0 Å². The topological polar surface area (TPSA) is 43.8 Å². The molecule has 0 amide bonds. The Bertz CT molecular complexity index is 697. The molecular formula is C17H17N3. The van der Waals surface area contributed by atoms with Crippen molar-refractivity contribution in [3.8, 4) is 11.1 Å². The molecule has 2 aromatic carbocycles. The molecule has 0 bridgehead atoms. The fourth-order valence-corrected chi connectivity index (χ4v) is 2.32. The van der Waals surface area contributed by atoms with Crippen LogP contribution in [0.1, 0.15) is 11.3 Å². The molecule has 0 radical (unpaired) electrons. The monoisotopic (exact) mass is 263 g/mol. The number of aryl methyl sites for hydroxylation is 1. The summed E-state index contributed by atoms with van der Waals surface area (Å²) in [6.45, 7) is 2.82. The zero-order chi connectivity index (χ0) is 13.9. The van der Waals surface area contributed by atoms with Crippen LogP contribution in [0.2, 0.25) is 0 Å². The molecule has 3 aromatic rings. The molecule has 3 rings (SSSR count). The van der Waals surface area contributed by atoms with E-state index in [1.807, 2.05) is 54.1 Å². The third-order valence-corrected chi connectivity index (χ3v) is 3.36. The average Bonchev–Trinajstić information content (AvgIpc) is 2.81. The molecule has 3 heteroatoms. The summed E-state index contributed by atoms with van der Waals surface area (Å²) < 4.78 is 1.98. The van der Waals surface area contributed by atoms with E-state index in [1.54, 1.807) is 0 Å². The van der Waals surface area contributed by atoms with Crippen LogP contribution in [0, 0.1) is 6.92 Å². The first kappa shape index (κ1) is 12.5. The van der Waals surface area contributed by atoms with Gasteiger partial charge in [-0.1, -0.05) is 42.5 Å². The number of hydrogen-bond donors (Lipinski definition) is 1. The molecule has 100 valence electrons. The highest BCUT2D eigenvalue weighted by molar-refractivity contribution is 5.66. The number of aromatic nitrogens is 2. The average molecular weight is 263 g/mol. The standard InChI is InChI=1S/C17H17N3/c1-13-17(15-7-9-16(18)10-8-15)12-20(19-13)11-14-5-3-2-4-6-14/h2-10,12H,11,18H2,1H3. The quantitative estimate of drug-likeness (QED) is 0.735. The molecule has 0 aliphatic rings. The predicted molar refractivity (Wildman–Crippen MR) is 82.4 cm³/mol. The summed E-state index contributed by atoms with van der Waals surface area (Å²) in [7, 11) is 0. The summed E-state index contributed by atoms with van der Waals surface area (Å²) in [5, 5.41) is 4.59. The normalized spacial score (nSPS) is 10.7. The highest BCUT2D eigenvalue weighted by atomic mass is 15.3. The SMILES string of the molecule is Cc1nn(Cc2ccccc2)cc1-c1ccc(N)cc1. The molecule has 1 aromatic heterocycles. The van der Waals surface area contributed by atoms with Gasteiger partial charge in [-0.05, 0) is 30.2 Å². The second kappa shape index (κ2) is 5.21. The van der Waals surface area contributed by atoms with Gasteiger partial charge < -0.3 is 5.73 Å². The zero-order valence-corrected chi connectivity index (χ0v) is 11.5. The van der Waals surface area contributed by atoms with Crippen molar-refractivity contribution in [3.05, 3.63) is 72.1 Å². The first-order valence-electron chi connectivity index (χ1n) is 6.66. The largest absolute Gasteiger partial charge is 0.399 e. The molecule has 0 atom stereocenters. The van der Waals surface area contributed by atoms with Crippen molar-refractivity contribution in [1.29, 1.82) is 0 Å². The fraction of sp³-hybridized carbons (Fsp3) is 0.118. The van der Waals surface area contributed by atoms with E-state index >= 15 is 0 Å². The smallest absolute Gasteiger partial charge is 0.0672 e. The summed E-state index contributed by atoms with van der Waals surface area (Å²) >= 11 is 0. The fourth-order valence-electron chi connectivity index (χ4n) is 2.32. The number of hydrogen-bond acceptors (Lipinski definition) is 2. The first-order chi connectivity index (χ1) is 9.72. The Labute approximate surface area is 118 Å². The summed E-state index contributed by atoms with van der Waals surface area (Å²) in [6, 6.07) is 18.3. The summed E-state index contributed by atoms with van der Waals surface area (Å²) in [5.41, 5.74) is 11.1. The number of rotatable bonds is 3. The van der Waals surface area contributed by atoms with Crippen LogP contribution in [0.3, 0.4) is 0 Å². The predicted octanol–water partition coefficient (Wildman–Crippen LogP) is 3.49. The van der Waals surface area contributed by atoms with Gasteiger partial charge in [0, 0.05) is 17.4 Å². The van der Waals surface area contributed by atoms with Crippen molar-refractivity contribution < 1.29 is 0 Å². The van der Waals surface area contributed by atoms with Gasteiger partial charge in [-0.2, -0.15) is 5.10 Å². The molecule has 2 N–H and O–H groups in total. The maximum atomic E-state index is 5.73. The van der Waals surface area contributed by atoms with Gasteiger partial charge in [0.15, 0.2) is 0 Å². The lowest BCUT2D eigenvalue weighted by atomic mass is 10.1. The minimum absolute atomic E-state index is 0.781. The molecule has 0 spiro atoms. The van der Waals surface area contributed by atoms with Crippen molar-refractivity contribution in [3.63, 3.8) is 0 Å². The molecule has 0 saturated carbocycles. The van der Waals surface area contributed by atoms with E-state index in [4.69, 9.17) is 5.73 Å². The van der Waals surface area contributed by atoms with Crippen LogP contribution in [0.15, 0.2) is 60.8 Å². The molecule has 20 heavy (non-hydrogen) atoms. The zero-order valence-electron chi connectivity index (χ0n) is 11.5. The van der Waals surface area contributed by atoms with E-state index in [0.29, 0.717) is 0 Å². The van der Waals surface area contributed by atoms with Gasteiger partial charge in [0.2, 0.25) is 0 Å². The van der Waals surface area contributed by atoms with Gasteiger partial charge in [-0.3, -0.25) is 4.68 Å². The Morgan fingerprint density at radius 2 is 1.70 bits per heavy atom. The lowest BCUT2D eigenvalue weighted by Gasteiger charge is -2.01. The second-order valence-electron chi connectivity index (χ2n) is 4.93. The first-order valence-corrected chi connectivity index (χ1v) is 6.66. The van der Waals surface area contributed by atoms with E-state index in [2.05, 4.69) is 23.4 Å².